The van der Waals surface area contributed by atoms with Gasteiger partial charge in [0.1, 0.15) is 0 Å². The molecule has 1 fully saturated rings. The van der Waals surface area contributed by atoms with Gasteiger partial charge in [-0.25, -0.2) is 8.49 Å². The van der Waals surface area contributed by atoms with Gasteiger partial charge in [-0.1, -0.05) is 47.8 Å². The number of anilines is 1. The van der Waals surface area contributed by atoms with Crippen LogP contribution in [-0.4, -0.2) is 27.0 Å². The number of hydrogen-bond acceptors (Lipinski definition) is 4. The minimum atomic E-state index is -5.38. The van der Waals surface area contributed by atoms with Crippen molar-refractivity contribution < 1.29 is 43.7 Å². The standard InChI is InChI=1S/C20H15Cl3F6N2O4S/c1-2-16(32)30-8-10-3-4-12(7-13(10)19(24,25)26)31-9-18(20(27,28)29,35-36(31,33)34)11-5-14(21)17(23)15(22)6-11/h3-7H,2,8-9H2,1H3,(H,30,32). The maximum Gasteiger partial charge on any atom is 0.425 e. The molecule has 1 aliphatic rings. The Labute approximate surface area is 216 Å². The summed E-state index contributed by atoms with van der Waals surface area (Å²) in [6.07, 6.45) is -10.4. The van der Waals surface area contributed by atoms with E-state index in [1.165, 1.54) is 6.92 Å². The maximum absolute atomic E-state index is 14.3. The van der Waals surface area contributed by atoms with Gasteiger partial charge in [-0.15, -0.1) is 0 Å². The van der Waals surface area contributed by atoms with Crippen molar-refractivity contribution in [3.8, 4) is 0 Å². The molecule has 0 aliphatic carbocycles. The molecule has 1 aliphatic heterocycles. The highest BCUT2D eigenvalue weighted by Crippen LogP contribution is 2.51. The summed E-state index contributed by atoms with van der Waals surface area (Å²) in [5.74, 6) is -0.544. The average molecular weight is 600 g/mol. The lowest BCUT2D eigenvalue weighted by Crippen LogP contribution is -2.46. The molecule has 1 heterocycles. The van der Waals surface area contributed by atoms with Crippen LogP contribution in [0.1, 0.15) is 30.0 Å². The van der Waals surface area contributed by atoms with Crippen molar-refractivity contribution in [1.82, 2.24) is 5.32 Å². The van der Waals surface area contributed by atoms with Crippen molar-refractivity contribution in [2.75, 3.05) is 10.8 Å². The van der Waals surface area contributed by atoms with E-state index in [0.29, 0.717) is 18.2 Å². The van der Waals surface area contributed by atoms with Crippen LogP contribution in [-0.2, 0) is 37.6 Å². The maximum atomic E-state index is 14.3. The number of nitrogens with one attached hydrogen (secondary N) is 1. The summed E-state index contributed by atoms with van der Waals surface area (Å²) >= 11 is 17.4. The fourth-order valence-electron chi connectivity index (χ4n) is 3.44. The van der Waals surface area contributed by atoms with Gasteiger partial charge in [-0.3, -0.25) is 4.79 Å². The van der Waals surface area contributed by atoms with Crippen LogP contribution in [0.2, 0.25) is 15.1 Å². The molecule has 6 nitrogen and oxygen atoms in total. The lowest BCUT2D eigenvalue weighted by Gasteiger charge is -2.29. The molecule has 2 aromatic rings. The molecule has 0 spiro atoms. The highest BCUT2D eigenvalue weighted by atomic mass is 35.5. The van der Waals surface area contributed by atoms with Gasteiger partial charge in [0.15, 0.2) is 0 Å². The first-order valence-corrected chi connectivity index (χ1v) is 12.3. The molecule has 1 amide bonds. The van der Waals surface area contributed by atoms with Crippen molar-refractivity contribution in [2.45, 2.75) is 37.8 Å². The van der Waals surface area contributed by atoms with Crippen LogP contribution < -0.4 is 9.62 Å². The van der Waals surface area contributed by atoms with Crippen LogP contribution in [0.4, 0.5) is 32.0 Å². The zero-order chi connectivity index (χ0) is 27.3. The Bertz CT molecular complexity index is 1280. The Balaban J connectivity index is 2.13. The van der Waals surface area contributed by atoms with E-state index in [-0.39, 0.29) is 15.7 Å². The van der Waals surface area contributed by atoms with Gasteiger partial charge < -0.3 is 5.32 Å². The third kappa shape index (κ3) is 5.35. The molecule has 16 heteroatoms. The SMILES string of the molecule is CCC(=O)NCc1ccc(N2CC(c3cc(Cl)c(Cl)c(Cl)c3)(C(F)(F)F)OS2(=O)=O)cc1C(F)(F)F. The number of benzene rings is 2. The highest BCUT2D eigenvalue weighted by Gasteiger charge is 2.66. The van der Waals surface area contributed by atoms with Crippen molar-refractivity contribution in [3.63, 3.8) is 0 Å². The van der Waals surface area contributed by atoms with Gasteiger partial charge >= 0.3 is 22.7 Å². The third-order valence-electron chi connectivity index (χ3n) is 5.28. The fraction of sp³-hybridized carbons (Fsp3) is 0.350. The second-order valence-corrected chi connectivity index (χ2v) is 10.3. The zero-order valence-corrected chi connectivity index (χ0v) is 21.0. The molecule has 0 saturated carbocycles. The molecular weight excluding hydrogens is 585 g/mol. The number of carbonyl (C=O) groups excluding carboxylic acids is 1. The number of halogens is 9. The molecule has 0 radical (unpaired) electrons. The molecule has 0 bridgehead atoms. The molecule has 1 N–H and O–H groups in total. The Morgan fingerprint density at radius 2 is 1.67 bits per heavy atom. The fourth-order valence-corrected chi connectivity index (χ4v) is 5.44. The van der Waals surface area contributed by atoms with Gasteiger partial charge in [0, 0.05) is 13.0 Å². The van der Waals surface area contributed by atoms with Crippen LogP contribution in [0, 0.1) is 0 Å². The number of hydrogen-bond donors (Lipinski definition) is 1. The van der Waals surface area contributed by atoms with Crippen molar-refractivity contribution >= 4 is 56.7 Å². The van der Waals surface area contributed by atoms with E-state index in [4.69, 9.17) is 34.8 Å². The van der Waals surface area contributed by atoms with Gasteiger partial charge in [0.05, 0.1) is 32.9 Å². The molecule has 2 aromatic carbocycles. The van der Waals surface area contributed by atoms with E-state index >= 15 is 0 Å². The largest absolute Gasteiger partial charge is 0.425 e. The monoisotopic (exact) mass is 598 g/mol. The molecule has 3 rings (SSSR count). The van der Waals surface area contributed by atoms with Crippen LogP contribution in [0.15, 0.2) is 30.3 Å². The van der Waals surface area contributed by atoms with E-state index in [1.54, 1.807) is 0 Å². The lowest BCUT2D eigenvalue weighted by molar-refractivity contribution is -0.243. The molecule has 1 unspecified atom stereocenters. The second kappa shape index (κ2) is 9.75. The first-order chi connectivity index (χ1) is 16.4. The minimum Gasteiger partial charge on any atom is -0.352 e. The zero-order valence-electron chi connectivity index (χ0n) is 17.9. The van der Waals surface area contributed by atoms with Gasteiger partial charge in [-0.2, -0.15) is 34.8 Å². The third-order valence-corrected chi connectivity index (χ3v) is 7.85. The van der Waals surface area contributed by atoms with E-state index in [0.717, 1.165) is 12.1 Å². The van der Waals surface area contributed by atoms with Gasteiger partial charge in [0.2, 0.25) is 11.5 Å². The van der Waals surface area contributed by atoms with Crippen molar-refractivity contribution in [3.05, 3.63) is 62.1 Å². The van der Waals surface area contributed by atoms with Crippen LogP contribution >= 0.6 is 34.8 Å². The summed E-state index contributed by atoms with van der Waals surface area (Å²) in [5, 5.41) is 1.10. The smallest absolute Gasteiger partial charge is 0.352 e. The number of nitrogens with zero attached hydrogens (tertiary/aromatic N) is 1. The van der Waals surface area contributed by atoms with E-state index in [2.05, 4.69) is 9.50 Å². The van der Waals surface area contributed by atoms with E-state index < -0.39 is 79.7 Å². The number of alkyl halides is 6. The quantitative estimate of drug-likeness (QED) is 0.327. The summed E-state index contributed by atoms with van der Waals surface area (Å²) in [4.78, 5) is 11.4. The predicted molar refractivity (Wildman–Crippen MR) is 120 cm³/mol. The predicted octanol–water partition coefficient (Wildman–Crippen LogP) is 6.23. The Morgan fingerprint density at radius 1 is 1.08 bits per heavy atom. The summed E-state index contributed by atoms with van der Waals surface area (Å²) in [6.45, 7) is -0.537. The average Bonchev–Trinajstić information content (AvgIpc) is 3.07. The summed E-state index contributed by atoms with van der Waals surface area (Å²) in [6, 6.07) is 3.51. The summed E-state index contributed by atoms with van der Waals surface area (Å²) in [5.41, 5.74) is -6.91. The van der Waals surface area contributed by atoms with Gasteiger partial charge in [-0.05, 0) is 35.4 Å². The Hall–Kier alpha value is -1.93. The minimum absolute atomic E-state index is 0.00104. The van der Waals surface area contributed by atoms with Crippen LogP contribution in [0.5, 0.6) is 0 Å². The number of carbonyl (C=O) groups is 1. The topological polar surface area (TPSA) is 75.7 Å². The first kappa shape index (κ1) is 28.6. The highest BCUT2D eigenvalue weighted by molar-refractivity contribution is 7.88. The Kier molecular flexibility index (Phi) is 7.75. The summed E-state index contributed by atoms with van der Waals surface area (Å²) < 4.78 is 114. The van der Waals surface area contributed by atoms with Crippen molar-refractivity contribution in [1.29, 1.82) is 0 Å². The summed E-state index contributed by atoms with van der Waals surface area (Å²) in [7, 11) is -5.26. The van der Waals surface area contributed by atoms with Gasteiger partial charge in [0.25, 0.3) is 0 Å². The number of amides is 1. The van der Waals surface area contributed by atoms with Crippen LogP contribution in [0.25, 0.3) is 0 Å². The molecule has 1 saturated heterocycles. The normalized spacial score (nSPS) is 20.0. The Morgan fingerprint density at radius 3 is 2.17 bits per heavy atom. The molecular formula is C20H15Cl3F6N2O4S. The molecule has 36 heavy (non-hydrogen) atoms. The molecule has 0 aromatic heterocycles. The van der Waals surface area contributed by atoms with Crippen LogP contribution in [0.3, 0.4) is 0 Å². The molecule has 198 valence electrons. The first-order valence-electron chi connectivity index (χ1n) is 9.85. The molecule has 1 atom stereocenters. The van der Waals surface area contributed by atoms with E-state index in [9.17, 15) is 39.6 Å². The lowest BCUT2D eigenvalue weighted by atomic mass is 9.92. The second-order valence-electron chi connectivity index (χ2n) is 7.60. The number of rotatable bonds is 5. The van der Waals surface area contributed by atoms with E-state index in [1.807, 2.05) is 0 Å². The van der Waals surface area contributed by atoms with Crippen molar-refractivity contribution in [2.24, 2.45) is 0 Å².